The molecule has 0 unspecified atom stereocenters. The van der Waals surface area contributed by atoms with E-state index in [1.165, 1.54) is 36.4 Å². The maximum Gasteiger partial charge on any atom is 0.234 e. The third-order valence-electron chi connectivity index (χ3n) is 5.59. The zero-order chi connectivity index (χ0) is 24.9. The van der Waals surface area contributed by atoms with Crippen LogP contribution in [0.4, 0.5) is 15.8 Å². The van der Waals surface area contributed by atoms with Crippen LogP contribution in [0.2, 0.25) is 0 Å². The number of hydrogen-bond acceptors (Lipinski definition) is 4. The maximum atomic E-state index is 13.1. The number of nitrogens with one attached hydrogen (secondary N) is 2. The number of carbonyl (C=O) groups excluding carboxylic acids is 2. The van der Waals surface area contributed by atoms with E-state index in [9.17, 15) is 22.4 Å². The van der Waals surface area contributed by atoms with Gasteiger partial charge < -0.3 is 10.6 Å². The van der Waals surface area contributed by atoms with E-state index in [0.717, 1.165) is 5.56 Å². The zero-order valence-electron chi connectivity index (χ0n) is 19.3. The molecule has 178 valence electrons. The number of halogens is 1. The van der Waals surface area contributed by atoms with Gasteiger partial charge in [-0.1, -0.05) is 31.2 Å². The highest BCUT2D eigenvalue weighted by Gasteiger charge is 2.29. The molecule has 3 aromatic rings. The quantitative estimate of drug-likeness (QED) is 0.486. The fourth-order valence-electron chi connectivity index (χ4n) is 3.29. The Bertz CT molecular complexity index is 1270. The van der Waals surface area contributed by atoms with Gasteiger partial charge in [0.1, 0.15) is 5.82 Å². The van der Waals surface area contributed by atoms with Crippen LogP contribution in [0.15, 0.2) is 77.7 Å². The van der Waals surface area contributed by atoms with Crippen molar-refractivity contribution in [2.45, 2.75) is 37.5 Å². The van der Waals surface area contributed by atoms with Gasteiger partial charge in [0, 0.05) is 11.4 Å². The first-order chi connectivity index (χ1) is 16.0. The molecule has 2 amide bonds. The van der Waals surface area contributed by atoms with Crippen LogP contribution in [-0.4, -0.2) is 26.0 Å². The molecule has 0 aliphatic heterocycles. The van der Waals surface area contributed by atoms with Crippen molar-refractivity contribution in [3.63, 3.8) is 0 Å². The maximum absolute atomic E-state index is 13.1. The molecule has 6 nitrogen and oxygen atoms in total. The lowest BCUT2D eigenvalue weighted by Crippen LogP contribution is -2.34. The van der Waals surface area contributed by atoms with Crippen LogP contribution in [0, 0.1) is 5.82 Å². The molecule has 0 radical (unpaired) electrons. The summed E-state index contributed by atoms with van der Waals surface area (Å²) in [6.07, 6.45) is 0.0970. The minimum Gasteiger partial charge on any atom is -0.326 e. The summed E-state index contributed by atoms with van der Waals surface area (Å²) in [7, 11) is -3.28. The van der Waals surface area contributed by atoms with Crippen LogP contribution in [0.25, 0.3) is 0 Å². The molecule has 34 heavy (non-hydrogen) atoms. The average molecular weight is 483 g/mol. The van der Waals surface area contributed by atoms with E-state index in [2.05, 4.69) is 10.6 Å². The first-order valence-electron chi connectivity index (χ1n) is 10.8. The molecule has 0 saturated heterocycles. The number of benzene rings is 3. The van der Waals surface area contributed by atoms with Gasteiger partial charge in [0.15, 0.2) is 9.84 Å². The molecule has 0 atom stereocenters. The largest absolute Gasteiger partial charge is 0.326 e. The molecule has 3 rings (SSSR count). The molecule has 0 aliphatic carbocycles. The van der Waals surface area contributed by atoms with Gasteiger partial charge in [-0.2, -0.15) is 0 Å². The molecule has 3 aromatic carbocycles. The Morgan fingerprint density at radius 3 is 1.91 bits per heavy atom. The van der Waals surface area contributed by atoms with Gasteiger partial charge in [-0.05, 0) is 73.5 Å². The lowest BCUT2D eigenvalue weighted by atomic mass is 9.83. The molecule has 0 heterocycles. The van der Waals surface area contributed by atoms with Gasteiger partial charge in [0.05, 0.1) is 22.5 Å². The summed E-state index contributed by atoms with van der Waals surface area (Å²) in [5.41, 5.74) is 1.66. The van der Waals surface area contributed by atoms with Crippen LogP contribution in [0.1, 0.15) is 31.9 Å². The number of anilines is 2. The summed E-state index contributed by atoms with van der Waals surface area (Å²) in [5, 5.41) is 5.59. The van der Waals surface area contributed by atoms with E-state index in [4.69, 9.17) is 0 Å². The Hall–Kier alpha value is -3.52. The van der Waals surface area contributed by atoms with E-state index in [1.807, 2.05) is 0 Å². The number of rotatable bonds is 8. The van der Waals surface area contributed by atoms with Crippen molar-refractivity contribution >= 4 is 33.0 Å². The summed E-state index contributed by atoms with van der Waals surface area (Å²) in [5.74, 6) is -0.846. The van der Waals surface area contributed by atoms with Gasteiger partial charge in [-0.15, -0.1) is 0 Å². The third-order valence-corrected chi connectivity index (χ3v) is 7.34. The number of amides is 2. The van der Waals surface area contributed by atoms with Crippen molar-refractivity contribution in [1.29, 1.82) is 0 Å². The molecular formula is C26H27FN2O4S. The van der Waals surface area contributed by atoms with E-state index in [0.29, 0.717) is 16.9 Å². The van der Waals surface area contributed by atoms with Crippen LogP contribution >= 0.6 is 0 Å². The fraction of sp³-hybridized carbons (Fsp3) is 0.231. The predicted octanol–water partition coefficient (Wildman–Crippen LogP) is 4.72. The van der Waals surface area contributed by atoms with Crippen molar-refractivity contribution in [3.05, 3.63) is 89.7 Å². The molecule has 0 spiro atoms. The van der Waals surface area contributed by atoms with Crippen molar-refractivity contribution in [2.24, 2.45) is 0 Å². The molecule has 0 aliphatic rings. The van der Waals surface area contributed by atoms with Gasteiger partial charge in [0.2, 0.25) is 11.8 Å². The molecule has 0 saturated carbocycles. The SMILES string of the molecule is CCS(=O)(=O)c1ccc(CC(=O)Nc2ccc(C(C)(C)C(=O)Nc3ccc(F)cc3)cc2)cc1. The molecule has 2 N–H and O–H groups in total. The molecule has 8 heteroatoms. The number of sulfone groups is 1. The van der Waals surface area contributed by atoms with Crippen molar-refractivity contribution in [1.82, 2.24) is 0 Å². The van der Waals surface area contributed by atoms with Crippen molar-refractivity contribution in [2.75, 3.05) is 16.4 Å². The standard InChI is InChI=1S/C26H27FN2O4S/c1-4-34(32,33)23-15-5-18(6-16-23)17-24(30)28-21-11-7-19(8-12-21)26(2,3)25(31)29-22-13-9-20(27)10-14-22/h5-16H,4,17H2,1-3H3,(H,28,30)(H,29,31). The van der Waals surface area contributed by atoms with E-state index in [-0.39, 0.29) is 34.7 Å². The van der Waals surface area contributed by atoms with Crippen LogP contribution < -0.4 is 10.6 Å². The highest BCUT2D eigenvalue weighted by Crippen LogP contribution is 2.27. The predicted molar refractivity (Wildman–Crippen MR) is 131 cm³/mol. The lowest BCUT2D eigenvalue weighted by Gasteiger charge is -2.24. The second kappa shape index (κ2) is 10.2. The molecule has 0 bridgehead atoms. The second-order valence-electron chi connectivity index (χ2n) is 8.44. The number of hydrogen-bond donors (Lipinski definition) is 2. The Morgan fingerprint density at radius 2 is 1.35 bits per heavy atom. The summed E-state index contributed by atoms with van der Waals surface area (Å²) in [6, 6.07) is 18.8. The average Bonchev–Trinajstić information content (AvgIpc) is 2.81. The number of carbonyl (C=O) groups is 2. The first kappa shape index (κ1) is 25.1. The first-order valence-corrected chi connectivity index (χ1v) is 12.5. The van der Waals surface area contributed by atoms with Crippen LogP contribution in [0.3, 0.4) is 0 Å². The van der Waals surface area contributed by atoms with E-state index >= 15 is 0 Å². The lowest BCUT2D eigenvalue weighted by molar-refractivity contribution is -0.120. The van der Waals surface area contributed by atoms with Crippen LogP contribution in [0.5, 0.6) is 0 Å². The van der Waals surface area contributed by atoms with Gasteiger partial charge >= 0.3 is 0 Å². The van der Waals surface area contributed by atoms with Gasteiger partial charge in [0.25, 0.3) is 0 Å². The Labute approximate surface area is 199 Å². The normalized spacial score (nSPS) is 11.6. The Morgan fingerprint density at radius 1 is 0.824 bits per heavy atom. The highest BCUT2D eigenvalue weighted by molar-refractivity contribution is 7.91. The van der Waals surface area contributed by atoms with E-state index < -0.39 is 15.3 Å². The second-order valence-corrected chi connectivity index (χ2v) is 10.7. The monoisotopic (exact) mass is 482 g/mol. The van der Waals surface area contributed by atoms with Gasteiger partial charge in [-0.3, -0.25) is 9.59 Å². The molecule has 0 fully saturated rings. The van der Waals surface area contributed by atoms with Gasteiger partial charge in [-0.25, -0.2) is 12.8 Å². The molecule has 0 aromatic heterocycles. The molecular weight excluding hydrogens is 455 g/mol. The zero-order valence-corrected chi connectivity index (χ0v) is 20.1. The fourth-order valence-corrected chi connectivity index (χ4v) is 4.18. The summed E-state index contributed by atoms with van der Waals surface area (Å²) in [4.78, 5) is 25.4. The van der Waals surface area contributed by atoms with Crippen molar-refractivity contribution in [3.8, 4) is 0 Å². The minimum atomic E-state index is -3.28. The van der Waals surface area contributed by atoms with Crippen molar-refractivity contribution < 1.29 is 22.4 Å². The third kappa shape index (κ3) is 6.08. The highest BCUT2D eigenvalue weighted by atomic mass is 32.2. The minimum absolute atomic E-state index is 0.0214. The van der Waals surface area contributed by atoms with Crippen LogP contribution in [-0.2, 0) is 31.3 Å². The summed E-state index contributed by atoms with van der Waals surface area (Å²) >= 11 is 0. The Balaban J connectivity index is 1.61. The van der Waals surface area contributed by atoms with E-state index in [1.54, 1.807) is 57.2 Å². The Kier molecular flexibility index (Phi) is 7.51. The smallest absolute Gasteiger partial charge is 0.234 e. The topological polar surface area (TPSA) is 92.3 Å². The summed E-state index contributed by atoms with van der Waals surface area (Å²) in [6.45, 7) is 5.14. The summed E-state index contributed by atoms with van der Waals surface area (Å²) < 4.78 is 36.9.